The summed E-state index contributed by atoms with van der Waals surface area (Å²) in [5, 5.41) is 18.7. The van der Waals surface area contributed by atoms with Gasteiger partial charge in [0, 0.05) is 12.1 Å². The van der Waals surface area contributed by atoms with Gasteiger partial charge in [-0.15, -0.1) is 0 Å². The van der Waals surface area contributed by atoms with Crippen molar-refractivity contribution in [1.82, 2.24) is 0 Å². The summed E-state index contributed by atoms with van der Waals surface area (Å²) in [5.74, 6) is -0.901. The minimum atomic E-state index is -0.993. The number of halogens is 1. The van der Waals surface area contributed by atoms with E-state index in [2.05, 4.69) is 0 Å². The van der Waals surface area contributed by atoms with E-state index in [0.29, 0.717) is 0 Å². The Morgan fingerprint density at radius 1 is 1.69 bits per heavy atom. The second kappa shape index (κ2) is 5.04. The van der Waals surface area contributed by atoms with E-state index in [1.807, 2.05) is 0 Å². The number of nitrogens with two attached hydrogens (primary N) is 1. The van der Waals surface area contributed by atoms with Crippen LogP contribution in [0.1, 0.15) is 0 Å². The van der Waals surface area contributed by atoms with Crippen LogP contribution in [-0.4, -0.2) is 17.6 Å². The molecule has 0 aliphatic carbocycles. The van der Waals surface area contributed by atoms with Crippen molar-refractivity contribution in [3.8, 4) is 11.8 Å². The summed E-state index contributed by atoms with van der Waals surface area (Å²) in [6.07, 6.45) is 0. The van der Waals surface area contributed by atoms with Gasteiger partial charge < -0.3 is 10.5 Å². The van der Waals surface area contributed by atoms with Crippen molar-refractivity contribution in [3.05, 3.63) is 34.1 Å². The quantitative estimate of drug-likeness (QED) is 0.607. The van der Waals surface area contributed by atoms with Gasteiger partial charge in [-0.3, -0.25) is 10.1 Å². The fraction of sp³-hybridized carbons (Fsp3) is 0.222. The van der Waals surface area contributed by atoms with E-state index in [4.69, 9.17) is 15.7 Å². The molecule has 0 amide bonds. The number of hydrogen-bond donors (Lipinski definition) is 1. The molecule has 0 aliphatic rings. The average molecular weight is 225 g/mol. The zero-order chi connectivity index (χ0) is 12.1. The van der Waals surface area contributed by atoms with Crippen LogP contribution in [0.4, 0.5) is 10.1 Å². The molecular formula is C9H8FN3O3. The van der Waals surface area contributed by atoms with Crippen molar-refractivity contribution in [1.29, 1.82) is 5.26 Å². The first-order valence-corrected chi connectivity index (χ1v) is 4.26. The van der Waals surface area contributed by atoms with Gasteiger partial charge in [-0.25, -0.2) is 0 Å². The van der Waals surface area contributed by atoms with Crippen molar-refractivity contribution in [3.63, 3.8) is 0 Å². The van der Waals surface area contributed by atoms with Gasteiger partial charge in [0.1, 0.15) is 18.4 Å². The highest BCUT2D eigenvalue weighted by atomic mass is 19.1. The molecule has 1 rings (SSSR count). The molecule has 1 atom stereocenters. The van der Waals surface area contributed by atoms with Crippen molar-refractivity contribution in [2.75, 3.05) is 6.61 Å². The summed E-state index contributed by atoms with van der Waals surface area (Å²) in [5.41, 5.74) is 4.62. The zero-order valence-corrected chi connectivity index (χ0v) is 8.09. The maximum absolute atomic E-state index is 13.1. The molecule has 0 saturated carbocycles. The normalized spacial score (nSPS) is 11.6. The highest BCUT2D eigenvalue weighted by molar-refractivity contribution is 5.37. The summed E-state index contributed by atoms with van der Waals surface area (Å²) in [4.78, 5) is 9.47. The molecule has 16 heavy (non-hydrogen) atoms. The number of nitro groups is 1. The van der Waals surface area contributed by atoms with Crippen LogP contribution in [0.15, 0.2) is 18.2 Å². The number of nitro benzene ring substituents is 1. The molecule has 1 aromatic carbocycles. The summed E-state index contributed by atoms with van der Waals surface area (Å²) >= 11 is 0. The first-order valence-electron chi connectivity index (χ1n) is 4.26. The van der Waals surface area contributed by atoms with E-state index >= 15 is 0 Å². The Kier molecular flexibility index (Phi) is 3.74. The average Bonchev–Trinajstić information content (AvgIpc) is 2.25. The zero-order valence-electron chi connectivity index (χ0n) is 8.09. The molecule has 1 aromatic rings. The molecular weight excluding hydrogens is 217 g/mol. The number of ether oxygens (including phenoxy) is 1. The fourth-order valence-corrected chi connectivity index (χ4v) is 0.949. The molecule has 0 aliphatic heterocycles. The molecule has 0 heterocycles. The molecule has 0 bridgehead atoms. The van der Waals surface area contributed by atoms with E-state index in [9.17, 15) is 14.5 Å². The number of hydrogen-bond acceptors (Lipinski definition) is 5. The largest absolute Gasteiger partial charge is 0.491 e. The maximum Gasteiger partial charge on any atom is 0.305 e. The second-order valence-corrected chi connectivity index (χ2v) is 2.92. The molecule has 0 spiro atoms. The Morgan fingerprint density at radius 3 is 2.88 bits per heavy atom. The molecule has 1 unspecified atom stereocenters. The van der Waals surface area contributed by atoms with Crippen molar-refractivity contribution >= 4 is 5.69 Å². The van der Waals surface area contributed by atoms with Gasteiger partial charge in [0.2, 0.25) is 5.82 Å². The summed E-state index contributed by atoms with van der Waals surface area (Å²) in [7, 11) is 0. The molecule has 0 fully saturated rings. The smallest absolute Gasteiger partial charge is 0.305 e. The van der Waals surface area contributed by atoms with E-state index in [1.54, 1.807) is 6.07 Å². The van der Waals surface area contributed by atoms with Crippen LogP contribution in [0.2, 0.25) is 0 Å². The molecule has 7 heteroatoms. The highest BCUT2D eigenvalue weighted by Gasteiger charge is 2.14. The molecule has 0 radical (unpaired) electrons. The van der Waals surface area contributed by atoms with Gasteiger partial charge in [0.15, 0.2) is 0 Å². The van der Waals surface area contributed by atoms with Gasteiger partial charge in [-0.2, -0.15) is 9.65 Å². The van der Waals surface area contributed by atoms with Gasteiger partial charge in [0.25, 0.3) is 0 Å². The van der Waals surface area contributed by atoms with Crippen LogP contribution in [0.3, 0.4) is 0 Å². The number of nitrogens with zero attached hydrogens (tertiary/aromatic N) is 2. The topological polar surface area (TPSA) is 102 Å². The van der Waals surface area contributed by atoms with Gasteiger partial charge in [-0.1, -0.05) is 0 Å². The minimum absolute atomic E-state index is 0.0915. The lowest BCUT2D eigenvalue weighted by molar-refractivity contribution is -0.387. The monoisotopic (exact) mass is 225 g/mol. The third-order valence-electron chi connectivity index (χ3n) is 1.71. The second-order valence-electron chi connectivity index (χ2n) is 2.92. The summed E-state index contributed by atoms with van der Waals surface area (Å²) in [6, 6.07) is 4.02. The first kappa shape index (κ1) is 11.9. The lowest BCUT2D eigenvalue weighted by Crippen LogP contribution is -2.25. The lowest BCUT2D eigenvalue weighted by Gasteiger charge is -2.06. The lowest BCUT2D eigenvalue weighted by atomic mass is 10.3. The standard InChI is InChI=1S/C9H8FN3O3/c10-8-3-7(16-5-6(12)4-11)1-2-9(8)13(14)15/h1-3,6H,5,12H2. The van der Waals surface area contributed by atoms with Gasteiger partial charge in [0.05, 0.1) is 11.0 Å². The predicted molar refractivity (Wildman–Crippen MR) is 52.1 cm³/mol. The molecule has 0 saturated heterocycles. The van der Waals surface area contributed by atoms with Crippen molar-refractivity contribution < 1.29 is 14.1 Å². The number of rotatable bonds is 4. The Hall–Kier alpha value is -2.20. The van der Waals surface area contributed by atoms with Gasteiger partial charge in [-0.05, 0) is 6.07 Å². The number of benzene rings is 1. The Balaban J connectivity index is 2.75. The van der Waals surface area contributed by atoms with Crippen LogP contribution in [0.5, 0.6) is 5.75 Å². The third kappa shape index (κ3) is 2.90. The fourth-order valence-electron chi connectivity index (χ4n) is 0.949. The maximum atomic E-state index is 13.1. The van der Waals surface area contributed by atoms with E-state index in [1.165, 1.54) is 6.07 Å². The summed E-state index contributed by atoms with van der Waals surface area (Å²) in [6.45, 7) is -0.103. The first-order chi connectivity index (χ1) is 7.54. The van der Waals surface area contributed by atoms with E-state index in [-0.39, 0.29) is 12.4 Å². The van der Waals surface area contributed by atoms with E-state index < -0.39 is 22.5 Å². The molecule has 2 N–H and O–H groups in total. The molecule has 6 nitrogen and oxygen atoms in total. The Bertz CT molecular complexity index is 444. The van der Waals surface area contributed by atoms with Gasteiger partial charge >= 0.3 is 5.69 Å². The van der Waals surface area contributed by atoms with Crippen molar-refractivity contribution in [2.24, 2.45) is 5.73 Å². The van der Waals surface area contributed by atoms with Crippen molar-refractivity contribution in [2.45, 2.75) is 6.04 Å². The SMILES string of the molecule is N#CC(N)COc1ccc([N+](=O)[O-])c(F)c1. The minimum Gasteiger partial charge on any atom is -0.491 e. The highest BCUT2D eigenvalue weighted by Crippen LogP contribution is 2.22. The van der Waals surface area contributed by atoms with E-state index in [0.717, 1.165) is 12.1 Å². The van der Waals surface area contributed by atoms with Crippen LogP contribution in [-0.2, 0) is 0 Å². The Morgan fingerprint density at radius 2 is 2.38 bits per heavy atom. The van der Waals surface area contributed by atoms with Crippen LogP contribution in [0.25, 0.3) is 0 Å². The Labute approximate surface area is 90.2 Å². The number of nitriles is 1. The van der Waals surface area contributed by atoms with Crippen LogP contribution in [0, 0.1) is 27.3 Å². The predicted octanol–water partition coefficient (Wildman–Crippen LogP) is 0.964. The van der Waals surface area contributed by atoms with Crippen LogP contribution >= 0.6 is 0 Å². The molecule has 0 aromatic heterocycles. The molecule has 84 valence electrons. The summed E-state index contributed by atoms with van der Waals surface area (Å²) < 4.78 is 18.1. The van der Waals surface area contributed by atoms with Crippen LogP contribution < -0.4 is 10.5 Å². The third-order valence-corrected chi connectivity index (χ3v) is 1.71.